The number of carbonyl (C=O) groups excluding carboxylic acids is 1. The minimum Gasteiger partial charge on any atom is -0.496 e. The van der Waals surface area contributed by atoms with Crippen molar-refractivity contribution < 1.29 is 14.3 Å². The fraction of sp³-hybridized carbons (Fsp3) is 0.167. The lowest BCUT2D eigenvalue weighted by Crippen LogP contribution is -1.95. The lowest BCUT2D eigenvalue weighted by atomic mass is 10.1. The summed E-state index contributed by atoms with van der Waals surface area (Å²) in [6.07, 6.45) is 3.38. The summed E-state index contributed by atoms with van der Waals surface area (Å²) < 4.78 is 10.4. The Morgan fingerprint density at radius 2 is 1.86 bits per heavy atom. The number of allylic oxidation sites excluding steroid dienone is 1. The lowest BCUT2D eigenvalue weighted by Gasteiger charge is -2.08. The van der Waals surface area contributed by atoms with Gasteiger partial charge in [-0.1, -0.05) is 42.5 Å². The molecule has 21 heavy (non-hydrogen) atoms. The molecule has 0 saturated heterocycles. The van der Waals surface area contributed by atoms with Crippen LogP contribution >= 0.6 is 0 Å². The van der Waals surface area contributed by atoms with Crippen LogP contribution in [0, 0.1) is 0 Å². The molecule has 0 saturated carbocycles. The summed E-state index contributed by atoms with van der Waals surface area (Å²) in [7, 11) is 3.27. The maximum absolute atomic E-state index is 12.0. The molecule has 0 unspecified atom stereocenters. The van der Waals surface area contributed by atoms with Crippen LogP contribution in [0.3, 0.4) is 0 Å². The molecule has 0 amide bonds. The average molecular weight is 282 g/mol. The summed E-state index contributed by atoms with van der Waals surface area (Å²) in [5, 5.41) is 0. The maximum Gasteiger partial charge on any atom is 0.185 e. The zero-order chi connectivity index (χ0) is 15.1. The first-order valence-corrected chi connectivity index (χ1v) is 6.68. The van der Waals surface area contributed by atoms with Crippen LogP contribution < -0.4 is 4.74 Å². The van der Waals surface area contributed by atoms with Gasteiger partial charge in [-0.2, -0.15) is 0 Å². The minimum atomic E-state index is -0.0142. The van der Waals surface area contributed by atoms with E-state index >= 15 is 0 Å². The predicted molar refractivity (Wildman–Crippen MR) is 83.5 cm³/mol. The van der Waals surface area contributed by atoms with Gasteiger partial charge in [0.05, 0.1) is 13.7 Å². The van der Waals surface area contributed by atoms with Gasteiger partial charge in [-0.25, -0.2) is 0 Å². The standard InChI is InChI=1S/C18H18O3/c1-20-13-16-12-14(9-11-18(16)21-2)8-10-17(19)15-6-4-3-5-7-15/h3-12H,13H2,1-2H3. The molecule has 3 nitrogen and oxygen atoms in total. The van der Waals surface area contributed by atoms with E-state index < -0.39 is 0 Å². The van der Waals surface area contributed by atoms with E-state index in [0.29, 0.717) is 12.2 Å². The Labute approximate surface area is 124 Å². The smallest absolute Gasteiger partial charge is 0.185 e. The Hall–Kier alpha value is -2.39. The van der Waals surface area contributed by atoms with Gasteiger partial charge in [-0.3, -0.25) is 4.79 Å². The number of ketones is 1. The summed E-state index contributed by atoms with van der Waals surface area (Å²) in [5.41, 5.74) is 2.57. The van der Waals surface area contributed by atoms with E-state index in [2.05, 4.69) is 0 Å². The molecule has 0 radical (unpaired) electrons. The van der Waals surface area contributed by atoms with Crippen LogP contribution in [0.25, 0.3) is 6.08 Å². The second kappa shape index (κ2) is 7.41. The highest BCUT2D eigenvalue weighted by Gasteiger charge is 2.04. The number of hydrogen-bond donors (Lipinski definition) is 0. The largest absolute Gasteiger partial charge is 0.496 e. The third-order valence-corrected chi connectivity index (χ3v) is 3.09. The van der Waals surface area contributed by atoms with Crippen LogP contribution in [0.4, 0.5) is 0 Å². The monoisotopic (exact) mass is 282 g/mol. The zero-order valence-electron chi connectivity index (χ0n) is 12.2. The van der Waals surface area contributed by atoms with E-state index in [4.69, 9.17) is 9.47 Å². The van der Waals surface area contributed by atoms with Crippen molar-refractivity contribution in [3.63, 3.8) is 0 Å². The van der Waals surface area contributed by atoms with E-state index in [-0.39, 0.29) is 5.78 Å². The number of hydrogen-bond acceptors (Lipinski definition) is 3. The van der Waals surface area contributed by atoms with Crippen molar-refractivity contribution in [2.24, 2.45) is 0 Å². The van der Waals surface area contributed by atoms with Crippen LogP contribution in [0.1, 0.15) is 21.5 Å². The van der Waals surface area contributed by atoms with E-state index in [1.165, 1.54) is 0 Å². The van der Waals surface area contributed by atoms with Crippen molar-refractivity contribution >= 4 is 11.9 Å². The summed E-state index contributed by atoms with van der Waals surface area (Å²) in [4.78, 5) is 12.0. The second-order valence-electron chi connectivity index (χ2n) is 4.57. The first kappa shape index (κ1) is 15.0. The number of carbonyl (C=O) groups is 1. The lowest BCUT2D eigenvalue weighted by molar-refractivity contribution is 0.104. The average Bonchev–Trinajstić information content (AvgIpc) is 2.54. The Morgan fingerprint density at radius 1 is 1.10 bits per heavy atom. The maximum atomic E-state index is 12.0. The number of rotatable bonds is 6. The minimum absolute atomic E-state index is 0.0142. The van der Waals surface area contributed by atoms with Crippen molar-refractivity contribution in [1.29, 1.82) is 0 Å². The number of benzene rings is 2. The van der Waals surface area contributed by atoms with Crippen molar-refractivity contribution in [2.45, 2.75) is 6.61 Å². The van der Waals surface area contributed by atoms with E-state index in [1.807, 2.05) is 36.4 Å². The van der Waals surface area contributed by atoms with Crippen LogP contribution in [-0.4, -0.2) is 20.0 Å². The van der Waals surface area contributed by atoms with Gasteiger partial charge in [-0.05, 0) is 23.8 Å². The molecule has 0 heterocycles. The van der Waals surface area contributed by atoms with E-state index in [0.717, 1.165) is 16.9 Å². The molecule has 0 aromatic heterocycles. The van der Waals surface area contributed by atoms with Crippen LogP contribution in [0.2, 0.25) is 0 Å². The molecule has 0 bridgehead atoms. The SMILES string of the molecule is COCc1cc(C=CC(=O)c2ccccc2)ccc1OC. The second-order valence-corrected chi connectivity index (χ2v) is 4.57. The van der Waals surface area contributed by atoms with Gasteiger partial charge in [0.1, 0.15) is 5.75 Å². The summed E-state index contributed by atoms with van der Waals surface area (Å²) in [6, 6.07) is 14.9. The predicted octanol–water partition coefficient (Wildman–Crippen LogP) is 3.74. The first-order chi connectivity index (χ1) is 10.2. The number of ether oxygens (including phenoxy) is 2. The Kier molecular flexibility index (Phi) is 5.29. The van der Waals surface area contributed by atoms with Gasteiger partial charge in [-0.15, -0.1) is 0 Å². The van der Waals surface area contributed by atoms with Gasteiger partial charge in [0.25, 0.3) is 0 Å². The van der Waals surface area contributed by atoms with Crippen LogP contribution in [0.15, 0.2) is 54.6 Å². The molecule has 0 aliphatic heterocycles. The van der Waals surface area contributed by atoms with E-state index in [1.54, 1.807) is 38.5 Å². The summed E-state index contributed by atoms with van der Waals surface area (Å²) in [5.74, 6) is 0.767. The molecule has 3 heteroatoms. The Morgan fingerprint density at radius 3 is 2.52 bits per heavy atom. The third-order valence-electron chi connectivity index (χ3n) is 3.09. The zero-order valence-corrected chi connectivity index (χ0v) is 12.2. The molecular formula is C18H18O3. The quantitative estimate of drug-likeness (QED) is 0.598. The van der Waals surface area contributed by atoms with Gasteiger partial charge in [0.2, 0.25) is 0 Å². The van der Waals surface area contributed by atoms with Gasteiger partial charge >= 0.3 is 0 Å². The van der Waals surface area contributed by atoms with Gasteiger partial charge < -0.3 is 9.47 Å². The fourth-order valence-corrected chi connectivity index (χ4v) is 2.04. The third kappa shape index (κ3) is 4.04. The highest BCUT2D eigenvalue weighted by atomic mass is 16.5. The molecule has 0 aliphatic rings. The molecule has 0 spiro atoms. The molecule has 0 N–H and O–H groups in total. The van der Waals surface area contributed by atoms with Crippen molar-refractivity contribution in [3.8, 4) is 5.75 Å². The molecule has 0 aliphatic carbocycles. The normalized spacial score (nSPS) is 10.8. The van der Waals surface area contributed by atoms with Crippen molar-refractivity contribution in [2.75, 3.05) is 14.2 Å². The topological polar surface area (TPSA) is 35.5 Å². The first-order valence-electron chi connectivity index (χ1n) is 6.68. The number of methoxy groups -OCH3 is 2. The van der Waals surface area contributed by atoms with Crippen LogP contribution in [0.5, 0.6) is 5.75 Å². The molecule has 2 aromatic carbocycles. The van der Waals surface area contributed by atoms with Gasteiger partial charge in [0, 0.05) is 18.2 Å². The Bertz CT molecular complexity index is 630. The Balaban J connectivity index is 2.17. The van der Waals surface area contributed by atoms with E-state index in [9.17, 15) is 4.79 Å². The molecule has 2 rings (SSSR count). The molecule has 0 fully saturated rings. The highest BCUT2D eigenvalue weighted by molar-refractivity contribution is 6.06. The van der Waals surface area contributed by atoms with Crippen molar-refractivity contribution in [1.82, 2.24) is 0 Å². The highest BCUT2D eigenvalue weighted by Crippen LogP contribution is 2.21. The fourth-order valence-electron chi connectivity index (χ4n) is 2.04. The summed E-state index contributed by atoms with van der Waals surface area (Å²) >= 11 is 0. The molecular weight excluding hydrogens is 264 g/mol. The van der Waals surface area contributed by atoms with Crippen LogP contribution in [-0.2, 0) is 11.3 Å². The van der Waals surface area contributed by atoms with Gasteiger partial charge in [0.15, 0.2) is 5.78 Å². The summed E-state index contributed by atoms with van der Waals surface area (Å²) in [6.45, 7) is 0.470. The molecule has 0 atom stereocenters. The molecule has 2 aromatic rings. The van der Waals surface area contributed by atoms with Crippen molar-refractivity contribution in [3.05, 3.63) is 71.3 Å². The molecule has 108 valence electrons.